The van der Waals surface area contributed by atoms with Gasteiger partial charge in [0.2, 0.25) is 0 Å². The Kier molecular flexibility index (Phi) is 6.69. The van der Waals surface area contributed by atoms with Crippen LogP contribution < -0.4 is 9.47 Å². The first kappa shape index (κ1) is 11.8. The second kappa shape index (κ2) is 7.40. The minimum absolute atomic E-state index is 0.500. The summed E-state index contributed by atoms with van der Waals surface area (Å²) in [4.78, 5) is 0. The van der Waals surface area contributed by atoms with E-state index in [1.807, 2.05) is 31.2 Å². The van der Waals surface area contributed by atoms with Gasteiger partial charge in [-0.3, -0.25) is 4.39 Å². The van der Waals surface area contributed by atoms with Gasteiger partial charge in [-0.25, -0.2) is 0 Å². The minimum atomic E-state index is 0.500. The number of rotatable bonds is 3. The van der Waals surface area contributed by atoms with Crippen molar-refractivity contribution in [3.63, 3.8) is 0 Å². The summed E-state index contributed by atoms with van der Waals surface area (Å²) in [5, 5.41) is 0. The predicted octanol–water partition coefficient (Wildman–Crippen LogP) is 2.68. The lowest BCUT2D eigenvalue weighted by atomic mass is 10.3. The van der Waals surface area contributed by atoms with Crippen LogP contribution in [0.4, 0.5) is 4.39 Å². The van der Waals surface area contributed by atoms with E-state index in [9.17, 15) is 4.39 Å². The molecule has 0 aliphatic rings. The maximum absolute atomic E-state index is 9.50. The molecule has 0 atom stereocenters. The summed E-state index contributed by atoms with van der Waals surface area (Å²) in [5.41, 5.74) is 0. The molecular weight excluding hydrogens is 171 g/mol. The monoisotopic (exact) mass is 186 g/mol. The van der Waals surface area contributed by atoms with E-state index in [0.29, 0.717) is 13.8 Å². The van der Waals surface area contributed by atoms with Crippen molar-refractivity contribution in [3.05, 3.63) is 24.3 Å². The minimum Gasteiger partial charge on any atom is -0.493 e. The molecule has 0 aliphatic heterocycles. The van der Waals surface area contributed by atoms with Gasteiger partial charge < -0.3 is 9.47 Å². The first-order valence-electron chi connectivity index (χ1n) is 4.02. The molecule has 0 fully saturated rings. The Morgan fingerprint density at radius 2 is 1.69 bits per heavy atom. The number of hydrogen-bond acceptors (Lipinski definition) is 2. The van der Waals surface area contributed by atoms with Crippen LogP contribution in [0.25, 0.3) is 0 Å². The number of para-hydroxylation sites is 2. The molecule has 0 aliphatic carbocycles. The standard InChI is InChI=1S/C9H12O2.CH3F/c1-3-11-9-7-5-4-6-8(9)10-2;1-2/h4-7H,3H2,1-2H3;1H3. The summed E-state index contributed by atoms with van der Waals surface area (Å²) in [6.07, 6.45) is 0. The van der Waals surface area contributed by atoms with Crippen LogP contribution in [-0.4, -0.2) is 20.9 Å². The lowest BCUT2D eigenvalue weighted by Gasteiger charge is -2.07. The zero-order valence-corrected chi connectivity index (χ0v) is 8.21. The Bertz CT molecular complexity index is 226. The van der Waals surface area contributed by atoms with Gasteiger partial charge in [-0.05, 0) is 19.1 Å². The number of alkyl halides is 1. The first-order chi connectivity index (χ1) is 6.38. The largest absolute Gasteiger partial charge is 0.493 e. The lowest BCUT2D eigenvalue weighted by Crippen LogP contribution is -1.94. The molecular formula is C10H15FO2. The van der Waals surface area contributed by atoms with Crippen LogP contribution in [0.1, 0.15) is 6.92 Å². The summed E-state index contributed by atoms with van der Waals surface area (Å²) >= 11 is 0. The van der Waals surface area contributed by atoms with Gasteiger partial charge in [-0.15, -0.1) is 0 Å². The van der Waals surface area contributed by atoms with Crippen molar-refractivity contribution in [3.8, 4) is 11.5 Å². The summed E-state index contributed by atoms with van der Waals surface area (Å²) in [5.74, 6) is 1.59. The number of ether oxygens (including phenoxy) is 2. The van der Waals surface area contributed by atoms with Gasteiger partial charge in [-0.1, -0.05) is 12.1 Å². The van der Waals surface area contributed by atoms with Gasteiger partial charge in [0.25, 0.3) is 0 Å². The fourth-order valence-corrected chi connectivity index (χ4v) is 0.894. The molecule has 0 aromatic heterocycles. The van der Waals surface area contributed by atoms with Crippen LogP contribution in [0.3, 0.4) is 0 Å². The van der Waals surface area contributed by atoms with Gasteiger partial charge in [0.1, 0.15) is 0 Å². The number of hydrogen-bond donors (Lipinski definition) is 0. The molecule has 0 saturated heterocycles. The highest BCUT2D eigenvalue weighted by Gasteiger charge is 1.99. The van der Waals surface area contributed by atoms with Crippen molar-refractivity contribution in [2.75, 3.05) is 20.9 Å². The summed E-state index contributed by atoms with van der Waals surface area (Å²) in [6, 6.07) is 7.61. The number of benzene rings is 1. The molecule has 0 heterocycles. The van der Waals surface area contributed by atoms with Gasteiger partial charge in [0.15, 0.2) is 11.5 Å². The third-order valence-corrected chi connectivity index (χ3v) is 1.37. The summed E-state index contributed by atoms with van der Waals surface area (Å²) in [6.45, 7) is 2.62. The van der Waals surface area contributed by atoms with Crippen LogP contribution in [0.5, 0.6) is 11.5 Å². The van der Waals surface area contributed by atoms with Gasteiger partial charge in [0.05, 0.1) is 20.9 Å². The quantitative estimate of drug-likeness (QED) is 0.722. The molecule has 1 aromatic rings. The third-order valence-electron chi connectivity index (χ3n) is 1.37. The van der Waals surface area contributed by atoms with Crippen LogP contribution in [0.15, 0.2) is 24.3 Å². The highest BCUT2D eigenvalue weighted by molar-refractivity contribution is 5.39. The van der Waals surface area contributed by atoms with Gasteiger partial charge in [-0.2, -0.15) is 0 Å². The molecule has 1 rings (SSSR count). The Hall–Kier alpha value is -1.25. The van der Waals surface area contributed by atoms with Crippen molar-refractivity contribution in [2.45, 2.75) is 6.92 Å². The van der Waals surface area contributed by atoms with Gasteiger partial charge >= 0.3 is 0 Å². The topological polar surface area (TPSA) is 18.5 Å². The maximum Gasteiger partial charge on any atom is 0.161 e. The lowest BCUT2D eigenvalue weighted by molar-refractivity contribution is 0.311. The normalized spacial score (nSPS) is 8.31. The molecule has 0 spiro atoms. The predicted molar refractivity (Wildman–Crippen MR) is 51.2 cm³/mol. The fourth-order valence-electron chi connectivity index (χ4n) is 0.894. The van der Waals surface area contributed by atoms with Crippen LogP contribution in [0.2, 0.25) is 0 Å². The number of halogens is 1. The molecule has 1 aromatic carbocycles. The Balaban J connectivity index is 0.000000671. The van der Waals surface area contributed by atoms with E-state index in [1.165, 1.54) is 0 Å². The van der Waals surface area contributed by atoms with Crippen LogP contribution in [-0.2, 0) is 0 Å². The number of methoxy groups -OCH3 is 1. The van der Waals surface area contributed by atoms with Crippen molar-refractivity contribution < 1.29 is 13.9 Å². The van der Waals surface area contributed by atoms with Crippen molar-refractivity contribution >= 4 is 0 Å². The van der Waals surface area contributed by atoms with E-state index < -0.39 is 0 Å². The van der Waals surface area contributed by atoms with Crippen LogP contribution in [0, 0.1) is 0 Å². The van der Waals surface area contributed by atoms with E-state index in [-0.39, 0.29) is 0 Å². The molecule has 13 heavy (non-hydrogen) atoms. The smallest absolute Gasteiger partial charge is 0.161 e. The van der Waals surface area contributed by atoms with E-state index in [2.05, 4.69) is 0 Å². The Labute approximate surface area is 78.3 Å². The van der Waals surface area contributed by atoms with Crippen molar-refractivity contribution in [1.29, 1.82) is 0 Å². The SMILES string of the molecule is CCOc1ccccc1OC.CF. The average molecular weight is 186 g/mol. The molecule has 0 bridgehead atoms. The Morgan fingerprint density at radius 1 is 1.15 bits per heavy atom. The zero-order valence-electron chi connectivity index (χ0n) is 8.21. The second-order valence-electron chi connectivity index (χ2n) is 2.08. The van der Waals surface area contributed by atoms with E-state index in [4.69, 9.17) is 9.47 Å². The molecule has 2 nitrogen and oxygen atoms in total. The molecule has 0 amide bonds. The van der Waals surface area contributed by atoms with Crippen molar-refractivity contribution in [2.24, 2.45) is 0 Å². The van der Waals surface area contributed by atoms with Crippen LogP contribution >= 0.6 is 0 Å². The Morgan fingerprint density at radius 3 is 2.15 bits per heavy atom. The van der Waals surface area contributed by atoms with Crippen molar-refractivity contribution in [1.82, 2.24) is 0 Å². The van der Waals surface area contributed by atoms with Gasteiger partial charge in [0, 0.05) is 0 Å². The second-order valence-corrected chi connectivity index (χ2v) is 2.08. The molecule has 0 N–H and O–H groups in total. The maximum atomic E-state index is 9.50. The summed E-state index contributed by atoms with van der Waals surface area (Å²) < 4.78 is 19.9. The zero-order chi connectivity index (χ0) is 10.1. The molecule has 3 heteroatoms. The first-order valence-corrected chi connectivity index (χ1v) is 4.02. The average Bonchev–Trinajstić information content (AvgIpc) is 2.22. The molecule has 0 saturated carbocycles. The van der Waals surface area contributed by atoms with E-state index in [0.717, 1.165) is 11.5 Å². The third kappa shape index (κ3) is 3.78. The van der Waals surface area contributed by atoms with E-state index >= 15 is 0 Å². The fraction of sp³-hybridized carbons (Fsp3) is 0.400. The summed E-state index contributed by atoms with van der Waals surface area (Å²) in [7, 11) is 2.14. The van der Waals surface area contributed by atoms with E-state index in [1.54, 1.807) is 7.11 Å². The highest BCUT2D eigenvalue weighted by Crippen LogP contribution is 2.25. The molecule has 0 unspecified atom stereocenters. The molecule has 74 valence electrons. The molecule has 0 radical (unpaired) electrons. The highest BCUT2D eigenvalue weighted by atomic mass is 19.1.